The Morgan fingerprint density at radius 2 is 2.00 bits per heavy atom. The number of likely N-dealkylation sites (tertiary alicyclic amines) is 1. The third kappa shape index (κ3) is 4.14. The van der Waals surface area contributed by atoms with Gasteiger partial charge in [0, 0.05) is 44.1 Å². The van der Waals surface area contributed by atoms with Crippen LogP contribution in [-0.4, -0.2) is 44.2 Å². The summed E-state index contributed by atoms with van der Waals surface area (Å²) in [6.07, 6.45) is 3.81. The third-order valence-electron chi connectivity index (χ3n) is 4.23. The van der Waals surface area contributed by atoms with Crippen LogP contribution in [0, 0.1) is 0 Å². The lowest BCUT2D eigenvalue weighted by Crippen LogP contribution is -2.32. The summed E-state index contributed by atoms with van der Waals surface area (Å²) in [5, 5.41) is 3.72. The van der Waals surface area contributed by atoms with Crippen LogP contribution in [-0.2, 0) is 0 Å². The first-order chi connectivity index (χ1) is 9.56. The first kappa shape index (κ1) is 15.2. The number of nitrogens with zero attached hydrogens (tertiary/aromatic N) is 2. The molecule has 1 atom stereocenters. The SMILES string of the molecule is CC(C)N1CCCC(Nc2cccc(N(C)C)c2)CC1. The van der Waals surface area contributed by atoms with Crippen molar-refractivity contribution < 1.29 is 0 Å². The van der Waals surface area contributed by atoms with Crippen molar-refractivity contribution in [2.75, 3.05) is 37.4 Å². The van der Waals surface area contributed by atoms with Crippen molar-refractivity contribution in [1.29, 1.82) is 0 Å². The van der Waals surface area contributed by atoms with Gasteiger partial charge in [-0.2, -0.15) is 0 Å². The molecule has 1 aliphatic rings. The molecule has 20 heavy (non-hydrogen) atoms. The minimum Gasteiger partial charge on any atom is -0.382 e. The highest BCUT2D eigenvalue weighted by atomic mass is 15.1. The third-order valence-corrected chi connectivity index (χ3v) is 4.23. The monoisotopic (exact) mass is 275 g/mol. The zero-order chi connectivity index (χ0) is 14.5. The van der Waals surface area contributed by atoms with Crippen LogP contribution >= 0.6 is 0 Å². The normalized spacial score (nSPS) is 20.8. The summed E-state index contributed by atoms with van der Waals surface area (Å²) in [5.74, 6) is 0. The van der Waals surface area contributed by atoms with Gasteiger partial charge in [-0.3, -0.25) is 0 Å². The van der Waals surface area contributed by atoms with Crippen LogP contribution in [0.4, 0.5) is 11.4 Å². The first-order valence-electron chi connectivity index (χ1n) is 7.84. The van der Waals surface area contributed by atoms with Crippen molar-refractivity contribution in [3.63, 3.8) is 0 Å². The Labute approximate surface area is 124 Å². The Hall–Kier alpha value is -1.22. The summed E-state index contributed by atoms with van der Waals surface area (Å²) in [6, 6.07) is 9.98. The van der Waals surface area contributed by atoms with Crippen molar-refractivity contribution in [2.45, 2.75) is 45.2 Å². The summed E-state index contributed by atoms with van der Waals surface area (Å²) in [6.45, 7) is 7.05. The number of anilines is 2. The smallest absolute Gasteiger partial charge is 0.0381 e. The standard InChI is InChI=1S/C17H29N3/c1-14(2)20-11-6-8-15(10-12-20)18-16-7-5-9-17(13-16)19(3)4/h5,7,9,13-15,18H,6,8,10-12H2,1-4H3. The molecule has 0 aromatic heterocycles. The van der Waals surface area contributed by atoms with Gasteiger partial charge in [0.2, 0.25) is 0 Å². The van der Waals surface area contributed by atoms with Crippen molar-refractivity contribution in [3.8, 4) is 0 Å². The summed E-state index contributed by atoms with van der Waals surface area (Å²) >= 11 is 0. The Bertz CT molecular complexity index is 414. The van der Waals surface area contributed by atoms with Gasteiger partial charge in [-0.15, -0.1) is 0 Å². The molecule has 1 aromatic carbocycles. The van der Waals surface area contributed by atoms with E-state index in [1.807, 2.05) is 0 Å². The molecule has 1 fully saturated rings. The molecule has 3 heteroatoms. The number of nitrogens with one attached hydrogen (secondary N) is 1. The van der Waals surface area contributed by atoms with Gasteiger partial charge in [0.1, 0.15) is 0 Å². The Morgan fingerprint density at radius 3 is 2.70 bits per heavy atom. The molecule has 1 N–H and O–H groups in total. The fourth-order valence-corrected chi connectivity index (χ4v) is 2.89. The second-order valence-electron chi connectivity index (χ2n) is 6.35. The first-order valence-corrected chi connectivity index (χ1v) is 7.84. The highest BCUT2D eigenvalue weighted by Gasteiger charge is 2.18. The van der Waals surface area contributed by atoms with Crippen molar-refractivity contribution >= 4 is 11.4 Å². The zero-order valence-electron chi connectivity index (χ0n) is 13.4. The van der Waals surface area contributed by atoms with E-state index >= 15 is 0 Å². The Kier molecular flexibility index (Phi) is 5.30. The molecule has 0 amide bonds. The summed E-state index contributed by atoms with van der Waals surface area (Å²) in [7, 11) is 4.18. The van der Waals surface area contributed by atoms with Gasteiger partial charge >= 0.3 is 0 Å². The molecule has 2 rings (SSSR count). The van der Waals surface area contributed by atoms with E-state index in [0.717, 1.165) is 0 Å². The predicted molar refractivity (Wildman–Crippen MR) is 88.7 cm³/mol. The quantitative estimate of drug-likeness (QED) is 0.908. The molecule has 1 aliphatic heterocycles. The molecule has 0 spiro atoms. The molecule has 1 saturated heterocycles. The molecule has 3 nitrogen and oxygen atoms in total. The van der Waals surface area contributed by atoms with Gasteiger partial charge in [-0.05, 0) is 57.9 Å². The van der Waals surface area contributed by atoms with E-state index in [-0.39, 0.29) is 0 Å². The van der Waals surface area contributed by atoms with Crippen LogP contribution in [0.2, 0.25) is 0 Å². The largest absolute Gasteiger partial charge is 0.382 e. The van der Waals surface area contributed by atoms with E-state index in [4.69, 9.17) is 0 Å². The highest BCUT2D eigenvalue weighted by Crippen LogP contribution is 2.21. The Morgan fingerprint density at radius 1 is 1.20 bits per heavy atom. The molecule has 0 saturated carbocycles. The van der Waals surface area contributed by atoms with Gasteiger partial charge in [0.15, 0.2) is 0 Å². The van der Waals surface area contributed by atoms with Crippen molar-refractivity contribution in [2.24, 2.45) is 0 Å². The minimum atomic E-state index is 0.608. The number of rotatable bonds is 4. The van der Waals surface area contributed by atoms with Gasteiger partial charge in [0.25, 0.3) is 0 Å². The van der Waals surface area contributed by atoms with Crippen LogP contribution in [0.5, 0.6) is 0 Å². The van der Waals surface area contributed by atoms with Gasteiger partial charge in [-0.25, -0.2) is 0 Å². The molecule has 112 valence electrons. The minimum absolute atomic E-state index is 0.608. The summed E-state index contributed by atoms with van der Waals surface area (Å²) in [5.41, 5.74) is 2.51. The molecule has 0 aliphatic carbocycles. The van der Waals surface area contributed by atoms with Gasteiger partial charge < -0.3 is 15.1 Å². The molecule has 0 radical (unpaired) electrons. The average Bonchev–Trinajstić information content (AvgIpc) is 2.65. The van der Waals surface area contributed by atoms with E-state index in [1.54, 1.807) is 0 Å². The molecular formula is C17H29N3. The van der Waals surface area contributed by atoms with Crippen LogP contribution < -0.4 is 10.2 Å². The lowest BCUT2D eigenvalue weighted by Gasteiger charge is -2.24. The summed E-state index contributed by atoms with van der Waals surface area (Å²) in [4.78, 5) is 4.75. The van der Waals surface area contributed by atoms with Crippen LogP contribution in [0.3, 0.4) is 0 Å². The topological polar surface area (TPSA) is 18.5 Å². The van der Waals surface area contributed by atoms with E-state index < -0.39 is 0 Å². The molecular weight excluding hydrogens is 246 g/mol. The van der Waals surface area contributed by atoms with E-state index in [9.17, 15) is 0 Å². The predicted octanol–water partition coefficient (Wildman–Crippen LogP) is 3.43. The van der Waals surface area contributed by atoms with Gasteiger partial charge in [-0.1, -0.05) is 6.07 Å². The van der Waals surface area contributed by atoms with Crippen molar-refractivity contribution in [3.05, 3.63) is 24.3 Å². The van der Waals surface area contributed by atoms with Crippen LogP contribution in [0.25, 0.3) is 0 Å². The second-order valence-corrected chi connectivity index (χ2v) is 6.35. The van der Waals surface area contributed by atoms with E-state index in [1.165, 1.54) is 43.7 Å². The lowest BCUT2D eigenvalue weighted by atomic mass is 10.1. The van der Waals surface area contributed by atoms with Crippen molar-refractivity contribution in [1.82, 2.24) is 4.90 Å². The van der Waals surface area contributed by atoms with E-state index in [2.05, 4.69) is 67.3 Å². The Balaban J connectivity index is 1.94. The molecule has 0 bridgehead atoms. The zero-order valence-corrected chi connectivity index (χ0v) is 13.4. The fraction of sp³-hybridized carbons (Fsp3) is 0.647. The average molecular weight is 275 g/mol. The molecule has 1 heterocycles. The molecule has 1 unspecified atom stereocenters. The van der Waals surface area contributed by atoms with Crippen LogP contribution in [0.1, 0.15) is 33.1 Å². The number of hydrogen-bond donors (Lipinski definition) is 1. The summed E-state index contributed by atoms with van der Waals surface area (Å²) < 4.78 is 0. The van der Waals surface area contributed by atoms with Crippen LogP contribution in [0.15, 0.2) is 24.3 Å². The second kappa shape index (κ2) is 6.98. The number of hydrogen-bond acceptors (Lipinski definition) is 3. The van der Waals surface area contributed by atoms with E-state index in [0.29, 0.717) is 12.1 Å². The lowest BCUT2D eigenvalue weighted by molar-refractivity contribution is 0.230. The maximum atomic E-state index is 3.72. The molecule has 1 aromatic rings. The van der Waals surface area contributed by atoms with Gasteiger partial charge in [0.05, 0.1) is 0 Å². The number of benzene rings is 1. The highest BCUT2D eigenvalue weighted by molar-refractivity contribution is 5.57. The maximum absolute atomic E-state index is 3.72. The fourth-order valence-electron chi connectivity index (χ4n) is 2.89. The maximum Gasteiger partial charge on any atom is 0.0381 e.